The molecule has 2 aromatic heterocycles. The third-order valence-electron chi connectivity index (χ3n) is 5.56. The number of benzene rings is 1. The first kappa shape index (κ1) is 22.1. The van der Waals surface area contributed by atoms with Gasteiger partial charge >= 0.3 is 6.18 Å². The second kappa shape index (κ2) is 8.82. The summed E-state index contributed by atoms with van der Waals surface area (Å²) in [5, 5.41) is 7.22. The molecule has 32 heavy (non-hydrogen) atoms. The van der Waals surface area contributed by atoms with Crippen molar-refractivity contribution in [3.63, 3.8) is 0 Å². The maximum Gasteiger partial charge on any atom is 0.433 e. The molecule has 0 saturated carbocycles. The van der Waals surface area contributed by atoms with E-state index in [4.69, 9.17) is 0 Å². The highest BCUT2D eigenvalue weighted by Gasteiger charge is 2.34. The number of carbonyl (C=O) groups is 1. The van der Waals surface area contributed by atoms with Crippen LogP contribution < -0.4 is 15.5 Å². The van der Waals surface area contributed by atoms with E-state index >= 15 is 0 Å². The molecule has 9 heteroatoms. The summed E-state index contributed by atoms with van der Waals surface area (Å²) in [4.78, 5) is 21.5. The number of alkyl halides is 3. The van der Waals surface area contributed by atoms with Gasteiger partial charge in [-0.05, 0) is 56.2 Å². The lowest BCUT2D eigenvalue weighted by atomic mass is 10.1. The van der Waals surface area contributed by atoms with Crippen molar-refractivity contribution in [3.8, 4) is 0 Å². The third-order valence-corrected chi connectivity index (χ3v) is 5.56. The SMILES string of the molecule is CC1CN(c2nc(C(F)(F)F)ccc2CCC(=O)Nc2ccc3[nH]ccc3c2)CC(C)N1. The topological polar surface area (TPSA) is 73.0 Å². The Balaban J connectivity index is 1.50. The van der Waals surface area contributed by atoms with Crippen LogP contribution in [-0.2, 0) is 17.4 Å². The highest BCUT2D eigenvalue weighted by Crippen LogP contribution is 2.31. The number of anilines is 2. The molecule has 4 rings (SSSR count). The molecule has 1 aromatic carbocycles. The van der Waals surface area contributed by atoms with Crippen LogP contribution in [0.5, 0.6) is 0 Å². The minimum absolute atomic E-state index is 0.120. The van der Waals surface area contributed by atoms with Gasteiger partial charge in [0.1, 0.15) is 11.5 Å². The summed E-state index contributed by atoms with van der Waals surface area (Å²) in [6, 6.07) is 10.2. The number of piperazine rings is 1. The highest BCUT2D eigenvalue weighted by atomic mass is 19.4. The Morgan fingerprint density at radius 3 is 2.62 bits per heavy atom. The van der Waals surface area contributed by atoms with Gasteiger partial charge in [0.2, 0.25) is 5.91 Å². The molecular weight excluding hydrogens is 419 g/mol. The van der Waals surface area contributed by atoms with Gasteiger partial charge in [-0.25, -0.2) is 4.98 Å². The van der Waals surface area contributed by atoms with Crippen LogP contribution in [0, 0.1) is 0 Å². The van der Waals surface area contributed by atoms with Crippen molar-refractivity contribution in [2.75, 3.05) is 23.3 Å². The fraction of sp³-hybridized carbons (Fsp3) is 0.391. The summed E-state index contributed by atoms with van der Waals surface area (Å²) in [7, 11) is 0. The Labute approximate surface area is 184 Å². The van der Waals surface area contributed by atoms with Gasteiger partial charge in [0.25, 0.3) is 0 Å². The van der Waals surface area contributed by atoms with E-state index in [0.717, 1.165) is 17.0 Å². The van der Waals surface area contributed by atoms with Crippen LogP contribution in [0.4, 0.5) is 24.7 Å². The first-order valence-corrected chi connectivity index (χ1v) is 10.6. The summed E-state index contributed by atoms with van der Waals surface area (Å²) in [5.41, 5.74) is 1.37. The zero-order valence-corrected chi connectivity index (χ0v) is 18.0. The number of aryl methyl sites for hydroxylation is 1. The molecule has 1 amide bonds. The van der Waals surface area contributed by atoms with Crippen molar-refractivity contribution >= 4 is 28.3 Å². The predicted molar refractivity (Wildman–Crippen MR) is 119 cm³/mol. The molecule has 3 N–H and O–H groups in total. The van der Waals surface area contributed by atoms with Crippen molar-refractivity contribution in [2.45, 2.75) is 44.9 Å². The maximum atomic E-state index is 13.3. The minimum Gasteiger partial charge on any atom is -0.361 e. The highest BCUT2D eigenvalue weighted by molar-refractivity contribution is 5.93. The molecule has 3 heterocycles. The maximum absolute atomic E-state index is 13.3. The summed E-state index contributed by atoms with van der Waals surface area (Å²) < 4.78 is 39.9. The molecule has 1 saturated heterocycles. The predicted octanol–water partition coefficient (Wildman–Crippen LogP) is 4.34. The van der Waals surface area contributed by atoms with E-state index in [-0.39, 0.29) is 24.4 Å². The monoisotopic (exact) mass is 445 g/mol. The second-order valence-corrected chi connectivity index (χ2v) is 8.38. The van der Waals surface area contributed by atoms with Gasteiger partial charge in [0.15, 0.2) is 0 Å². The van der Waals surface area contributed by atoms with Gasteiger partial charge in [-0.2, -0.15) is 13.2 Å². The number of amides is 1. The van der Waals surface area contributed by atoms with Gasteiger partial charge in [-0.15, -0.1) is 0 Å². The Morgan fingerprint density at radius 2 is 1.91 bits per heavy atom. The number of nitrogens with zero attached hydrogens (tertiary/aromatic N) is 2. The summed E-state index contributed by atoms with van der Waals surface area (Å²) in [5.74, 6) is 0.106. The van der Waals surface area contributed by atoms with Crippen LogP contribution >= 0.6 is 0 Å². The number of pyridine rings is 1. The van der Waals surface area contributed by atoms with Gasteiger partial charge in [0.05, 0.1) is 0 Å². The van der Waals surface area contributed by atoms with E-state index < -0.39 is 11.9 Å². The molecule has 1 aliphatic heterocycles. The second-order valence-electron chi connectivity index (χ2n) is 8.38. The normalized spacial score (nSPS) is 19.3. The Bertz CT molecular complexity index is 1100. The zero-order chi connectivity index (χ0) is 22.9. The Hall–Kier alpha value is -3.07. The van der Waals surface area contributed by atoms with E-state index in [1.807, 2.05) is 49.2 Å². The average Bonchev–Trinajstić information content (AvgIpc) is 3.18. The molecule has 3 aromatic rings. The van der Waals surface area contributed by atoms with E-state index in [1.54, 1.807) is 0 Å². The largest absolute Gasteiger partial charge is 0.433 e. The smallest absolute Gasteiger partial charge is 0.361 e. The zero-order valence-electron chi connectivity index (χ0n) is 18.0. The number of H-pyrrole nitrogens is 1. The lowest BCUT2D eigenvalue weighted by Crippen LogP contribution is -2.54. The number of aromatic amines is 1. The average molecular weight is 445 g/mol. The molecule has 170 valence electrons. The first-order valence-electron chi connectivity index (χ1n) is 10.6. The van der Waals surface area contributed by atoms with Crippen molar-refractivity contribution in [1.29, 1.82) is 0 Å². The molecule has 1 aliphatic rings. The fourth-order valence-corrected chi connectivity index (χ4v) is 4.21. The summed E-state index contributed by atoms with van der Waals surface area (Å²) >= 11 is 0. The first-order chi connectivity index (χ1) is 15.2. The molecular formula is C23H26F3N5O. The number of nitrogens with one attached hydrogen (secondary N) is 3. The number of halogens is 3. The van der Waals surface area contributed by atoms with Crippen molar-refractivity contribution in [2.24, 2.45) is 0 Å². The van der Waals surface area contributed by atoms with Gasteiger partial charge < -0.3 is 20.5 Å². The fourth-order valence-electron chi connectivity index (χ4n) is 4.21. The van der Waals surface area contributed by atoms with Crippen LogP contribution in [0.25, 0.3) is 10.9 Å². The molecule has 0 radical (unpaired) electrons. The molecule has 2 atom stereocenters. The standard InChI is InChI=1S/C23H26F3N5O/c1-14-12-31(13-15(2)28-14)22-16(3-7-20(30-22)23(24,25)26)4-8-21(32)29-18-5-6-19-17(11-18)9-10-27-19/h3,5-7,9-11,14-15,27-28H,4,8,12-13H2,1-2H3,(H,29,32). The number of carbonyl (C=O) groups excluding carboxylic acids is 1. The van der Waals surface area contributed by atoms with Crippen LogP contribution in [0.3, 0.4) is 0 Å². The molecule has 6 nitrogen and oxygen atoms in total. The van der Waals surface area contributed by atoms with E-state index in [1.165, 1.54) is 6.07 Å². The molecule has 1 fully saturated rings. The number of hydrogen-bond acceptors (Lipinski definition) is 4. The number of fused-ring (bicyclic) bond motifs is 1. The number of rotatable bonds is 5. The van der Waals surface area contributed by atoms with E-state index in [0.29, 0.717) is 36.6 Å². The summed E-state index contributed by atoms with van der Waals surface area (Å²) in [6.07, 6.45) is -2.26. The van der Waals surface area contributed by atoms with Crippen molar-refractivity contribution in [3.05, 3.63) is 53.9 Å². The number of hydrogen-bond donors (Lipinski definition) is 3. The van der Waals surface area contributed by atoms with Gasteiger partial charge in [0, 0.05) is 54.4 Å². The Morgan fingerprint density at radius 1 is 1.16 bits per heavy atom. The van der Waals surface area contributed by atoms with Crippen LogP contribution in [0.1, 0.15) is 31.5 Å². The number of aromatic nitrogens is 2. The van der Waals surface area contributed by atoms with E-state index in [9.17, 15) is 18.0 Å². The minimum atomic E-state index is -4.52. The molecule has 0 bridgehead atoms. The van der Waals surface area contributed by atoms with Crippen LogP contribution in [0.15, 0.2) is 42.6 Å². The van der Waals surface area contributed by atoms with Gasteiger partial charge in [-0.1, -0.05) is 6.07 Å². The Kier molecular flexibility index (Phi) is 6.10. The van der Waals surface area contributed by atoms with E-state index in [2.05, 4.69) is 20.6 Å². The lowest BCUT2D eigenvalue weighted by molar-refractivity contribution is -0.141. The molecule has 2 unspecified atom stereocenters. The summed E-state index contributed by atoms with van der Waals surface area (Å²) in [6.45, 7) is 5.08. The quantitative estimate of drug-likeness (QED) is 0.546. The third kappa shape index (κ3) is 5.04. The molecule has 0 spiro atoms. The van der Waals surface area contributed by atoms with Gasteiger partial charge in [-0.3, -0.25) is 4.79 Å². The van der Waals surface area contributed by atoms with Crippen LogP contribution in [0.2, 0.25) is 0 Å². The molecule has 0 aliphatic carbocycles. The lowest BCUT2D eigenvalue weighted by Gasteiger charge is -2.38. The van der Waals surface area contributed by atoms with Crippen molar-refractivity contribution < 1.29 is 18.0 Å². The van der Waals surface area contributed by atoms with Crippen LogP contribution in [-0.4, -0.2) is 41.0 Å². The van der Waals surface area contributed by atoms with Crippen molar-refractivity contribution in [1.82, 2.24) is 15.3 Å².